The highest BCUT2D eigenvalue weighted by molar-refractivity contribution is 5.80. The normalized spacial score (nSPS) is 16.8. The van der Waals surface area contributed by atoms with E-state index in [1.807, 2.05) is 0 Å². The van der Waals surface area contributed by atoms with E-state index in [2.05, 4.69) is 5.32 Å². The van der Waals surface area contributed by atoms with Crippen molar-refractivity contribution in [3.8, 4) is 0 Å². The number of nitrogens with zero attached hydrogens (tertiary/aromatic N) is 1. The molecule has 2 amide bonds. The molecular weight excluding hydrogens is 206 g/mol. The standard InChI is InChI=1S/C11H21N3O2/c12-6-3-1-2-4-11(16)14-8-5-10(15)13-7-9-14/h1-9,12H2,(H,13,15). The van der Waals surface area contributed by atoms with Crippen molar-refractivity contribution in [3.63, 3.8) is 0 Å². The number of amides is 2. The van der Waals surface area contributed by atoms with Crippen LogP contribution in [0.3, 0.4) is 0 Å². The van der Waals surface area contributed by atoms with Crippen LogP contribution >= 0.6 is 0 Å². The molecule has 0 unspecified atom stereocenters. The first-order chi connectivity index (χ1) is 7.74. The van der Waals surface area contributed by atoms with E-state index in [4.69, 9.17) is 5.73 Å². The van der Waals surface area contributed by atoms with Gasteiger partial charge >= 0.3 is 0 Å². The fraction of sp³-hybridized carbons (Fsp3) is 0.818. The second-order valence-corrected chi connectivity index (χ2v) is 4.08. The Balaban J connectivity index is 2.22. The lowest BCUT2D eigenvalue weighted by atomic mass is 10.2. The summed E-state index contributed by atoms with van der Waals surface area (Å²) in [5, 5.41) is 2.76. The third-order valence-electron chi connectivity index (χ3n) is 2.76. The van der Waals surface area contributed by atoms with Gasteiger partial charge in [-0.1, -0.05) is 6.42 Å². The van der Waals surface area contributed by atoms with Crippen molar-refractivity contribution in [2.75, 3.05) is 26.2 Å². The zero-order valence-corrected chi connectivity index (χ0v) is 9.71. The van der Waals surface area contributed by atoms with Crippen molar-refractivity contribution in [2.24, 2.45) is 5.73 Å². The van der Waals surface area contributed by atoms with Crippen LogP contribution in [0.1, 0.15) is 32.1 Å². The lowest BCUT2D eigenvalue weighted by Crippen LogP contribution is -2.34. The number of nitrogens with two attached hydrogens (primary N) is 1. The number of carbonyl (C=O) groups excluding carboxylic acids is 2. The summed E-state index contributed by atoms with van der Waals surface area (Å²) >= 11 is 0. The minimum Gasteiger partial charge on any atom is -0.354 e. The molecule has 0 aromatic heterocycles. The van der Waals surface area contributed by atoms with Gasteiger partial charge in [0, 0.05) is 32.5 Å². The molecule has 16 heavy (non-hydrogen) atoms. The third kappa shape index (κ3) is 4.61. The minimum absolute atomic E-state index is 0.0402. The Morgan fingerprint density at radius 1 is 1.31 bits per heavy atom. The van der Waals surface area contributed by atoms with Crippen LogP contribution in [0.25, 0.3) is 0 Å². The molecule has 0 radical (unpaired) electrons. The Kier molecular flexibility index (Phi) is 5.85. The van der Waals surface area contributed by atoms with E-state index in [9.17, 15) is 9.59 Å². The van der Waals surface area contributed by atoms with Crippen LogP contribution in [0.4, 0.5) is 0 Å². The van der Waals surface area contributed by atoms with Gasteiger partial charge in [-0.15, -0.1) is 0 Å². The topological polar surface area (TPSA) is 75.4 Å². The highest BCUT2D eigenvalue weighted by atomic mass is 16.2. The average molecular weight is 227 g/mol. The van der Waals surface area contributed by atoms with Gasteiger partial charge in [0.2, 0.25) is 11.8 Å². The molecule has 1 rings (SSSR count). The van der Waals surface area contributed by atoms with Gasteiger partial charge in [-0.2, -0.15) is 0 Å². The zero-order valence-electron chi connectivity index (χ0n) is 9.71. The number of hydrogen-bond acceptors (Lipinski definition) is 3. The molecule has 1 aliphatic heterocycles. The number of hydrogen-bond donors (Lipinski definition) is 2. The SMILES string of the molecule is NCCCCCC(=O)N1CCNC(=O)CC1. The molecule has 5 heteroatoms. The van der Waals surface area contributed by atoms with Crippen molar-refractivity contribution >= 4 is 11.8 Å². The number of nitrogens with one attached hydrogen (secondary N) is 1. The molecule has 0 aromatic carbocycles. The molecule has 92 valence electrons. The molecule has 5 nitrogen and oxygen atoms in total. The predicted molar refractivity (Wildman–Crippen MR) is 61.7 cm³/mol. The monoisotopic (exact) mass is 227 g/mol. The molecule has 1 heterocycles. The molecular formula is C11H21N3O2. The molecule has 0 bridgehead atoms. The van der Waals surface area contributed by atoms with Gasteiger partial charge in [0.15, 0.2) is 0 Å². The Hall–Kier alpha value is -1.10. The lowest BCUT2D eigenvalue weighted by molar-refractivity contribution is -0.131. The fourth-order valence-corrected chi connectivity index (χ4v) is 1.77. The first kappa shape index (κ1) is 13.0. The maximum atomic E-state index is 11.8. The van der Waals surface area contributed by atoms with Crippen LogP contribution in [0.5, 0.6) is 0 Å². The summed E-state index contributed by atoms with van der Waals surface area (Å²) in [6.45, 7) is 2.46. The highest BCUT2D eigenvalue weighted by Crippen LogP contribution is 2.05. The Labute approximate surface area is 96.4 Å². The minimum atomic E-state index is 0.0402. The summed E-state index contributed by atoms with van der Waals surface area (Å²) in [4.78, 5) is 24.6. The van der Waals surface area contributed by atoms with E-state index >= 15 is 0 Å². The quantitative estimate of drug-likeness (QED) is 0.642. The van der Waals surface area contributed by atoms with Gasteiger partial charge < -0.3 is 16.0 Å². The van der Waals surface area contributed by atoms with E-state index in [0.29, 0.717) is 39.0 Å². The Morgan fingerprint density at radius 2 is 2.12 bits per heavy atom. The molecule has 3 N–H and O–H groups in total. The van der Waals surface area contributed by atoms with Gasteiger partial charge in [-0.25, -0.2) is 0 Å². The van der Waals surface area contributed by atoms with E-state index in [0.717, 1.165) is 19.3 Å². The summed E-state index contributed by atoms with van der Waals surface area (Å²) in [6.07, 6.45) is 3.89. The van der Waals surface area contributed by atoms with Crippen molar-refractivity contribution in [3.05, 3.63) is 0 Å². The molecule has 1 saturated heterocycles. The molecule has 0 spiro atoms. The first-order valence-corrected chi connectivity index (χ1v) is 5.98. The summed E-state index contributed by atoms with van der Waals surface area (Å²) < 4.78 is 0. The maximum absolute atomic E-state index is 11.8. The maximum Gasteiger partial charge on any atom is 0.222 e. The van der Waals surface area contributed by atoms with Crippen LogP contribution in [0.15, 0.2) is 0 Å². The van der Waals surface area contributed by atoms with Crippen molar-refractivity contribution in [1.82, 2.24) is 10.2 Å². The van der Waals surface area contributed by atoms with Gasteiger partial charge in [0.05, 0.1) is 0 Å². The molecule has 0 aliphatic carbocycles. The molecule has 0 atom stereocenters. The number of unbranched alkanes of at least 4 members (excludes halogenated alkanes) is 2. The lowest BCUT2D eigenvalue weighted by Gasteiger charge is -2.19. The van der Waals surface area contributed by atoms with Crippen LogP contribution in [-0.4, -0.2) is 42.9 Å². The number of carbonyl (C=O) groups is 2. The zero-order chi connectivity index (χ0) is 11.8. The van der Waals surface area contributed by atoms with Crippen LogP contribution in [0, 0.1) is 0 Å². The predicted octanol–water partition coefficient (Wildman–Crippen LogP) is -0.146. The van der Waals surface area contributed by atoms with Crippen LogP contribution in [0.2, 0.25) is 0 Å². The summed E-state index contributed by atoms with van der Waals surface area (Å²) in [6, 6.07) is 0. The summed E-state index contributed by atoms with van der Waals surface area (Å²) in [5.74, 6) is 0.201. The van der Waals surface area contributed by atoms with E-state index in [1.54, 1.807) is 4.90 Å². The average Bonchev–Trinajstić information content (AvgIpc) is 2.49. The van der Waals surface area contributed by atoms with Gasteiger partial charge in [-0.3, -0.25) is 9.59 Å². The van der Waals surface area contributed by atoms with Crippen molar-refractivity contribution in [2.45, 2.75) is 32.1 Å². The molecule has 0 aromatic rings. The van der Waals surface area contributed by atoms with Crippen LogP contribution in [-0.2, 0) is 9.59 Å². The fourth-order valence-electron chi connectivity index (χ4n) is 1.77. The Bertz CT molecular complexity index is 243. The van der Waals surface area contributed by atoms with E-state index in [-0.39, 0.29) is 11.8 Å². The second kappa shape index (κ2) is 7.22. The Morgan fingerprint density at radius 3 is 2.88 bits per heavy atom. The molecule has 1 fully saturated rings. The van der Waals surface area contributed by atoms with Gasteiger partial charge in [0.25, 0.3) is 0 Å². The summed E-state index contributed by atoms with van der Waals surface area (Å²) in [5.41, 5.74) is 5.38. The van der Waals surface area contributed by atoms with Crippen molar-refractivity contribution < 1.29 is 9.59 Å². The molecule has 1 aliphatic rings. The molecule has 0 saturated carbocycles. The van der Waals surface area contributed by atoms with Gasteiger partial charge in [0.1, 0.15) is 0 Å². The smallest absolute Gasteiger partial charge is 0.222 e. The van der Waals surface area contributed by atoms with Crippen LogP contribution < -0.4 is 11.1 Å². The third-order valence-corrected chi connectivity index (χ3v) is 2.76. The highest BCUT2D eigenvalue weighted by Gasteiger charge is 2.17. The first-order valence-electron chi connectivity index (χ1n) is 5.98. The van der Waals surface area contributed by atoms with E-state index in [1.165, 1.54) is 0 Å². The summed E-state index contributed by atoms with van der Waals surface area (Å²) in [7, 11) is 0. The second-order valence-electron chi connectivity index (χ2n) is 4.08. The largest absolute Gasteiger partial charge is 0.354 e. The number of rotatable bonds is 5. The van der Waals surface area contributed by atoms with Crippen molar-refractivity contribution in [1.29, 1.82) is 0 Å². The van der Waals surface area contributed by atoms with Gasteiger partial charge in [-0.05, 0) is 19.4 Å². The van der Waals surface area contributed by atoms with E-state index < -0.39 is 0 Å².